The molecule has 0 aromatic heterocycles. The standard InChI is InChI=1S/C23H28N2O4/c1-15-7-6-8-19(13-15)25-21(27)16(2)29-20(26)14-24-22(28)17-9-11-18(12-10-17)23(3,4)5/h6-13,16H,14H2,1-5H3,(H,24,28)(H,25,27)/t16-/m1/s1. The van der Waals surface area contributed by atoms with Crippen LogP contribution in [-0.4, -0.2) is 30.4 Å². The van der Waals surface area contributed by atoms with E-state index in [1.165, 1.54) is 6.92 Å². The Bertz CT molecular complexity index is 882. The van der Waals surface area contributed by atoms with Gasteiger partial charge in [0, 0.05) is 11.3 Å². The number of hydrogen-bond acceptors (Lipinski definition) is 4. The quantitative estimate of drug-likeness (QED) is 0.731. The second-order valence-electron chi connectivity index (χ2n) is 8.00. The molecule has 0 unspecified atom stereocenters. The molecular weight excluding hydrogens is 368 g/mol. The van der Waals surface area contributed by atoms with E-state index in [0.717, 1.165) is 11.1 Å². The van der Waals surface area contributed by atoms with Crippen LogP contribution in [-0.2, 0) is 19.7 Å². The number of ether oxygens (including phenoxy) is 1. The van der Waals surface area contributed by atoms with Crippen molar-refractivity contribution in [3.63, 3.8) is 0 Å². The number of rotatable bonds is 6. The Hall–Kier alpha value is -3.15. The lowest BCUT2D eigenvalue weighted by molar-refractivity contribution is -0.152. The fourth-order valence-electron chi connectivity index (χ4n) is 2.64. The topological polar surface area (TPSA) is 84.5 Å². The molecular formula is C23H28N2O4. The molecule has 154 valence electrons. The molecule has 0 radical (unpaired) electrons. The van der Waals surface area contributed by atoms with E-state index in [-0.39, 0.29) is 17.9 Å². The van der Waals surface area contributed by atoms with Crippen LogP contribution in [0.5, 0.6) is 0 Å². The SMILES string of the molecule is Cc1cccc(NC(=O)[C@@H](C)OC(=O)CNC(=O)c2ccc(C(C)(C)C)cc2)c1. The smallest absolute Gasteiger partial charge is 0.326 e. The summed E-state index contributed by atoms with van der Waals surface area (Å²) in [7, 11) is 0. The minimum atomic E-state index is -0.981. The number of nitrogens with one attached hydrogen (secondary N) is 2. The number of esters is 1. The zero-order valence-corrected chi connectivity index (χ0v) is 17.5. The van der Waals surface area contributed by atoms with E-state index >= 15 is 0 Å². The molecule has 2 amide bonds. The lowest BCUT2D eigenvalue weighted by Crippen LogP contribution is -2.35. The molecule has 0 bridgehead atoms. The average Bonchev–Trinajstić information content (AvgIpc) is 2.65. The zero-order chi connectivity index (χ0) is 21.6. The summed E-state index contributed by atoms with van der Waals surface area (Å²) >= 11 is 0. The molecule has 2 aromatic carbocycles. The fraction of sp³-hybridized carbons (Fsp3) is 0.348. The Kier molecular flexibility index (Phi) is 7.15. The average molecular weight is 396 g/mol. The van der Waals surface area contributed by atoms with Gasteiger partial charge in [-0.25, -0.2) is 0 Å². The second kappa shape index (κ2) is 9.37. The van der Waals surface area contributed by atoms with Crippen LogP contribution in [0.15, 0.2) is 48.5 Å². The lowest BCUT2D eigenvalue weighted by Gasteiger charge is -2.19. The van der Waals surface area contributed by atoms with Crippen molar-refractivity contribution in [2.24, 2.45) is 0 Å². The predicted molar refractivity (Wildman–Crippen MR) is 113 cm³/mol. The van der Waals surface area contributed by atoms with Crippen LogP contribution in [0.1, 0.15) is 49.2 Å². The zero-order valence-electron chi connectivity index (χ0n) is 17.5. The van der Waals surface area contributed by atoms with E-state index in [9.17, 15) is 14.4 Å². The Morgan fingerprint density at radius 3 is 2.28 bits per heavy atom. The summed E-state index contributed by atoms with van der Waals surface area (Å²) in [6.07, 6.45) is -0.981. The highest BCUT2D eigenvalue weighted by Gasteiger charge is 2.19. The maximum Gasteiger partial charge on any atom is 0.326 e. The lowest BCUT2D eigenvalue weighted by atomic mass is 9.87. The van der Waals surface area contributed by atoms with Crippen LogP contribution in [0.2, 0.25) is 0 Å². The van der Waals surface area contributed by atoms with Crippen molar-refractivity contribution in [1.29, 1.82) is 0 Å². The first-order chi connectivity index (χ1) is 13.6. The summed E-state index contributed by atoms with van der Waals surface area (Å²) in [4.78, 5) is 36.3. The summed E-state index contributed by atoms with van der Waals surface area (Å²) in [5.74, 6) is -1.50. The summed E-state index contributed by atoms with van der Waals surface area (Å²) in [5.41, 5.74) is 3.20. The molecule has 0 spiro atoms. The number of benzene rings is 2. The summed E-state index contributed by atoms with van der Waals surface area (Å²) in [6.45, 7) is 9.35. The van der Waals surface area contributed by atoms with Gasteiger partial charge in [0.05, 0.1) is 0 Å². The first kappa shape index (κ1) is 22.1. The van der Waals surface area contributed by atoms with Crippen molar-refractivity contribution in [3.05, 3.63) is 65.2 Å². The van der Waals surface area contributed by atoms with Gasteiger partial charge in [0.1, 0.15) is 6.54 Å². The van der Waals surface area contributed by atoms with Gasteiger partial charge < -0.3 is 15.4 Å². The molecule has 6 nitrogen and oxygen atoms in total. The van der Waals surface area contributed by atoms with Crippen LogP contribution in [0, 0.1) is 6.92 Å². The van der Waals surface area contributed by atoms with Crippen molar-refractivity contribution in [2.75, 3.05) is 11.9 Å². The third kappa shape index (κ3) is 6.75. The highest BCUT2D eigenvalue weighted by atomic mass is 16.5. The van der Waals surface area contributed by atoms with E-state index < -0.39 is 18.0 Å². The molecule has 0 aliphatic heterocycles. The molecule has 2 N–H and O–H groups in total. The van der Waals surface area contributed by atoms with Crippen LogP contribution in [0.4, 0.5) is 5.69 Å². The van der Waals surface area contributed by atoms with E-state index in [4.69, 9.17) is 4.74 Å². The number of anilines is 1. The second-order valence-corrected chi connectivity index (χ2v) is 8.00. The molecule has 2 aromatic rings. The van der Waals surface area contributed by atoms with Gasteiger partial charge >= 0.3 is 5.97 Å². The van der Waals surface area contributed by atoms with Gasteiger partial charge in [-0.15, -0.1) is 0 Å². The van der Waals surface area contributed by atoms with Crippen molar-refractivity contribution in [3.8, 4) is 0 Å². The van der Waals surface area contributed by atoms with Crippen LogP contribution >= 0.6 is 0 Å². The van der Waals surface area contributed by atoms with E-state index in [0.29, 0.717) is 11.3 Å². The van der Waals surface area contributed by atoms with Gasteiger partial charge in [0.25, 0.3) is 11.8 Å². The summed E-state index contributed by atoms with van der Waals surface area (Å²) in [6, 6.07) is 14.5. The van der Waals surface area contributed by atoms with Crippen LogP contribution in [0.3, 0.4) is 0 Å². The van der Waals surface area contributed by atoms with E-state index in [1.54, 1.807) is 18.2 Å². The first-order valence-electron chi connectivity index (χ1n) is 9.52. The fourth-order valence-corrected chi connectivity index (χ4v) is 2.64. The third-order valence-corrected chi connectivity index (χ3v) is 4.37. The Morgan fingerprint density at radius 1 is 1.03 bits per heavy atom. The Balaban J connectivity index is 1.82. The van der Waals surface area contributed by atoms with Gasteiger partial charge in [-0.3, -0.25) is 14.4 Å². The minimum Gasteiger partial charge on any atom is -0.451 e. The van der Waals surface area contributed by atoms with E-state index in [2.05, 4.69) is 31.4 Å². The van der Waals surface area contributed by atoms with Crippen molar-refractivity contribution < 1.29 is 19.1 Å². The Labute approximate surface area is 171 Å². The molecule has 1 atom stereocenters. The van der Waals surface area contributed by atoms with Gasteiger partial charge in [-0.05, 0) is 54.7 Å². The molecule has 29 heavy (non-hydrogen) atoms. The van der Waals surface area contributed by atoms with Gasteiger partial charge in [-0.2, -0.15) is 0 Å². The number of amides is 2. The maximum absolute atomic E-state index is 12.2. The summed E-state index contributed by atoms with van der Waals surface area (Å²) in [5, 5.41) is 5.21. The number of hydrogen-bond donors (Lipinski definition) is 2. The minimum absolute atomic E-state index is 0.00598. The molecule has 0 heterocycles. The highest BCUT2D eigenvalue weighted by Crippen LogP contribution is 2.22. The Morgan fingerprint density at radius 2 is 1.69 bits per heavy atom. The van der Waals surface area contributed by atoms with Gasteiger partial charge in [0.15, 0.2) is 6.10 Å². The number of carbonyl (C=O) groups is 3. The molecule has 0 saturated carbocycles. The van der Waals surface area contributed by atoms with Gasteiger partial charge in [0.2, 0.25) is 0 Å². The van der Waals surface area contributed by atoms with E-state index in [1.807, 2.05) is 37.3 Å². The van der Waals surface area contributed by atoms with Crippen LogP contribution < -0.4 is 10.6 Å². The first-order valence-corrected chi connectivity index (χ1v) is 9.52. The molecule has 6 heteroatoms. The number of aryl methyl sites for hydroxylation is 1. The molecule has 2 rings (SSSR count). The molecule has 0 aliphatic rings. The van der Waals surface area contributed by atoms with Crippen LogP contribution in [0.25, 0.3) is 0 Å². The van der Waals surface area contributed by atoms with Gasteiger partial charge in [-0.1, -0.05) is 45.0 Å². The normalized spacial score (nSPS) is 12.0. The molecule has 0 saturated heterocycles. The molecule has 0 fully saturated rings. The molecule has 0 aliphatic carbocycles. The van der Waals surface area contributed by atoms with Crippen molar-refractivity contribution in [1.82, 2.24) is 5.32 Å². The number of carbonyl (C=O) groups excluding carboxylic acids is 3. The largest absolute Gasteiger partial charge is 0.451 e. The maximum atomic E-state index is 12.2. The monoisotopic (exact) mass is 396 g/mol. The highest BCUT2D eigenvalue weighted by molar-refractivity contribution is 5.97. The van der Waals surface area contributed by atoms with Crippen molar-refractivity contribution in [2.45, 2.75) is 46.1 Å². The van der Waals surface area contributed by atoms with Crippen molar-refractivity contribution >= 4 is 23.5 Å². The third-order valence-electron chi connectivity index (χ3n) is 4.37. The predicted octanol–water partition coefficient (Wildman–Crippen LogP) is 3.59. The summed E-state index contributed by atoms with van der Waals surface area (Å²) < 4.78 is 5.10.